The van der Waals surface area contributed by atoms with Crippen molar-refractivity contribution in [3.8, 4) is 5.75 Å². The van der Waals surface area contributed by atoms with Crippen LogP contribution in [0.25, 0.3) is 11.0 Å². The predicted molar refractivity (Wildman–Crippen MR) is 101 cm³/mol. The van der Waals surface area contributed by atoms with Crippen molar-refractivity contribution in [1.29, 1.82) is 0 Å². The van der Waals surface area contributed by atoms with Crippen molar-refractivity contribution in [2.45, 2.75) is 25.7 Å². The summed E-state index contributed by atoms with van der Waals surface area (Å²) in [7, 11) is -2.37. The molecule has 0 spiro atoms. The Hall–Kier alpha value is -2.43. The molecule has 152 valence electrons. The van der Waals surface area contributed by atoms with Gasteiger partial charge in [-0.15, -0.1) is 0 Å². The van der Waals surface area contributed by atoms with Crippen molar-refractivity contribution in [2.75, 3.05) is 26.6 Å². The van der Waals surface area contributed by atoms with Gasteiger partial charge in [0.1, 0.15) is 30.1 Å². The van der Waals surface area contributed by atoms with E-state index in [1.807, 2.05) is 4.57 Å². The second-order valence-corrected chi connectivity index (χ2v) is 7.93. The number of fused-ring (bicyclic) bond motifs is 1. The van der Waals surface area contributed by atoms with Crippen molar-refractivity contribution in [1.82, 2.24) is 9.55 Å². The molecule has 0 amide bonds. The minimum atomic E-state index is -3.65. The first-order chi connectivity index (χ1) is 13.3. The summed E-state index contributed by atoms with van der Waals surface area (Å²) in [5.41, 5.74) is 1.31. The zero-order chi connectivity index (χ0) is 20.3. The number of aromatic nitrogens is 2. The molecule has 1 aliphatic heterocycles. The van der Waals surface area contributed by atoms with Crippen LogP contribution in [0.5, 0.6) is 5.75 Å². The molecule has 1 atom stereocenters. The van der Waals surface area contributed by atoms with Crippen LogP contribution >= 0.6 is 0 Å². The van der Waals surface area contributed by atoms with Crippen LogP contribution in [0.1, 0.15) is 22.6 Å². The normalized spacial score (nSPS) is 16.6. The molecule has 10 heteroatoms. The van der Waals surface area contributed by atoms with Crippen molar-refractivity contribution >= 4 is 27.1 Å². The minimum absolute atomic E-state index is 0.00668. The van der Waals surface area contributed by atoms with Crippen LogP contribution in [0, 0.1) is 0 Å². The lowest BCUT2D eigenvalue weighted by atomic mass is 10.1. The number of rotatable bonds is 9. The number of hydrogen-bond acceptors (Lipinski definition) is 8. The molecule has 2 heterocycles. The predicted octanol–water partition coefficient (Wildman–Crippen LogP) is 1.65. The van der Waals surface area contributed by atoms with E-state index in [4.69, 9.17) is 18.4 Å². The highest BCUT2D eigenvalue weighted by molar-refractivity contribution is 7.85. The number of benzene rings is 1. The SMILES string of the molecule is C=CCOc1c(C(=O)OC)ccc2c1nc(COS(C)(=O)=O)n2C[C@@H]1CCO1. The Morgan fingerprint density at radius 3 is 2.79 bits per heavy atom. The van der Waals surface area contributed by atoms with Crippen molar-refractivity contribution in [3.63, 3.8) is 0 Å². The van der Waals surface area contributed by atoms with Crippen molar-refractivity contribution in [2.24, 2.45) is 0 Å². The summed E-state index contributed by atoms with van der Waals surface area (Å²) in [6.45, 7) is 4.71. The average molecular weight is 410 g/mol. The number of carbonyl (C=O) groups excluding carboxylic acids is 1. The number of esters is 1. The highest BCUT2D eigenvalue weighted by Gasteiger charge is 2.26. The third-order valence-electron chi connectivity index (χ3n) is 4.29. The van der Waals surface area contributed by atoms with Gasteiger partial charge in [0.25, 0.3) is 10.1 Å². The first-order valence-electron chi connectivity index (χ1n) is 8.64. The van der Waals surface area contributed by atoms with E-state index in [1.54, 1.807) is 18.2 Å². The van der Waals surface area contributed by atoms with Crippen LogP contribution in [0.2, 0.25) is 0 Å². The minimum Gasteiger partial charge on any atom is -0.486 e. The van der Waals surface area contributed by atoms with Gasteiger partial charge in [-0.2, -0.15) is 8.42 Å². The summed E-state index contributed by atoms with van der Waals surface area (Å²) in [4.78, 5) is 16.6. The van der Waals surface area contributed by atoms with Crippen molar-refractivity contribution < 1.29 is 31.6 Å². The number of ether oxygens (including phenoxy) is 3. The molecule has 1 saturated heterocycles. The second-order valence-electron chi connectivity index (χ2n) is 6.29. The molecule has 3 rings (SSSR count). The van der Waals surface area contributed by atoms with E-state index >= 15 is 0 Å². The van der Waals surface area contributed by atoms with E-state index in [0.29, 0.717) is 30.0 Å². The molecule has 0 saturated carbocycles. The fourth-order valence-electron chi connectivity index (χ4n) is 2.88. The van der Waals surface area contributed by atoms with Crippen molar-refractivity contribution in [3.05, 3.63) is 36.2 Å². The standard InChI is InChI=1S/C18H22N2O7S/c1-4-8-26-17-13(18(21)24-2)5-6-14-16(17)19-15(11-27-28(3,22)23)20(14)10-12-7-9-25-12/h4-6,12H,1,7-11H2,2-3H3/t12-/m0/s1. The van der Waals surface area contributed by atoms with Gasteiger partial charge in [0, 0.05) is 6.61 Å². The molecule has 1 fully saturated rings. The molecule has 2 aromatic rings. The highest BCUT2D eigenvalue weighted by Crippen LogP contribution is 2.32. The second kappa shape index (κ2) is 8.29. The third kappa shape index (κ3) is 4.34. The fourth-order valence-corrected chi connectivity index (χ4v) is 3.20. The van der Waals surface area contributed by atoms with Crippen LogP contribution in [0.15, 0.2) is 24.8 Å². The van der Waals surface area contributed by atoms with Gasteiger partial charge >= 0.3 is 5.97 Å². The third-order valence-corrected chi connectivity index (χ3v) is 4.83. The zero-order valence-corrected chi connectivity index (χ0v) is 16.5. The molecule has 1 aromatic carbocycles. The molecular weight excluding hydrogens is 388 g/mol. The van der Waals surface area contributed by atoms with Gasteiger partial charge in [-0.05, 0) is 18.6 Å². The molecule has 0 N–H and O–H groups in total. The van der Waals surface area contributed by atoms with E-state index in [0.717, 1.165) is 12.7 Å². The summed E-state index contributed by atoms with van der Waals surface area (Å²) in [5.74, 6) is 0.0753. The highest BCUT2D eigenvalue weighted by atomic mass is 32.2. The topological polar surface area (TPSA) is 106 Å². The van der Waals surface area contributed by atoms with Gasteiger partial charge in [0.2, 0.25) is 0 Å². The van der Waals surface area contributed by atoms with Crippen LogP contribution in [-0.4, -0.2) is 56.6 Å². The maximum absolute atomic E-state index is 12.1. The quantitative estimate of drug-likeness (QED) is 0.349. The number of carbonyl (C=O) groups is 1. The Balaban J connectivity index is 2.12. The van der Waals surface area contributed by atoms with E-state index < -0.39 is 16.1 Å². The summed E-state index contributed by atoms with van der Waals surface area (Å²) in [6.07, 6.45) is 3.43. The molecule has 0 unspecified atom stereocenters. The van der Waals surface area contributed by atoms with Crippen LogP contribution < -0.4 is 4.74 Å². The summed E-state index contributed by atoms with van der Waals surface area (Å²) in [6, 6.07) is 3.31. The smallest absolute Gasteiger partial charge is 0.341 e. The molecule has 0 radical (unpaired) electrons. The van der Waals surface area contributed by atoms with Gasteiger partial charge in [-0.25, -0.2) is 9.78 Å². The van der Waals surface area contributed by atoms with Crippen LogP contribution in [-0.2, 0) is 36.9 Å². The molecule has 1 aromatic heterocycles. The van der Waals surface area contributed by atoms with E-state index in [9.17, 15) is 13.2 Å². The lowest BCUT2D eigenvalue weighted by molar-refractivity contribution is -0.0592. The first-order valence-corrected chi connectivity index (χ1v) is 10.5. The van der Waals surface area contributed by atoms with E-state index in [-0.39, 0.29) is 30.6 Å². The van der Waals surface area contributed by atoms with Gasteiger partial charge in [0.05, 0.1) is 31.5 Å². The summed E-state index contributed by atoms with van der Waals surface area (Å²) >= 11 is 0. The van der Waals surface area contributed by atoms with Gasteiger partial charge in [0.15, 0.2) is 5.75 Å². The Kier molecular flexibility index (Phi) is 6.01. The maximum Gasteiger partial charge on any atom is 0.341 e. The van der Waals surface area contributed by atoms with Gasteiger partial charge in [-0.1, -0.05) is 12.7 Å². The number of imidazole rings is 1. The average Bonchev–Trinajstić information content (AvgIpc) is 2.97. The molecule has 9 nitrogen and oxygen atoms in total. The Bertz CT molecular complexity index is 993. The lowest BCUT2D eigenvalue weighted by Gasteiger charge is -2.27. The Morgan fingerprint density at radius 2 is 2.21 bits per heavy atom. The monoisotopic (exact) mass is 410 g/mol. The molecular formula is C18H22N2O7S. The fraction of sp³-hybridized carbons (Fsp3) is 0.444. The Morgan fingerprint density at radius 1 is 1.46 bits per heavy atom. The molecule has 1 aliphatic rings. The summed E-state index contributed by atoms with van der Waals surface area (Å²) in [5, 5.41) is 0. The van der Waals surface area contributed by atoms with Crippen LogP contribution in [0.3, 0.4) is 0 Å². The van der Waals surface area contributed by atoms with Gasteiger partial charge < -0.3 is 18.8 Å². The zero-order valence-electron chi connectivity index (χ0n) is 15.7. The van der Waals surface area contributed by atoms with E-state index in [1.165, 1.54) is 7.11 Å². The number of nitrogens with zero attached hydrogens (tertiary/aromatic N) is 2. The summed E-state index contributed by atoms with van der Waals surface area (Å²) < 4.78 is 45.6. The molecule has 28 heavy (non-hydrogen) atoms. The Labute approximate surface area is 163 Å². The largest absolute Gasteiger partial charge is 0.486 e. The molecule has 0 bridgehead atoms. The number of methoxy groups -OCH3 is 1. The van der Waals surface area contributed by atoms with Gasteiger partial charge in [-0.3, -0.25) is 4.18 Å². The molecule has 0 aliphatic carbocycles. The maximum atomic E-state index is 12.1. The van der Waals surface area contributed by atoms with E-state index in [2.05, 4.69) is 11.6 Å². The van der Waals surface area contributed by atoms with Crippen LogP contribution in [0.4, 0.5) is 0 Å². The first kappa shape index (κ1) is 20.3. The number of hydrogen-bond donors (Lipinski definition) is 0. The lowest BCUT2D eigenvalue weighted by Crippen LogP contribution is -2.31.